The number of amides is 1. The van der Waals surface area contributed by atoms with Crippen molar-refractivity contribution in [3.05, 3.63) is 35.6 Å². The van der Waals surface area contributed by atoms with Crippen LogP contribution in [0.4, 0.5) is 9.18 Å². The Hall–Kier alpha value is -2.11. The summed E-state index contributed by atoms with van der Waals surface area (Å²) in [5, 5.41) is 2.51. The number of halogens is 1. The van der Waals surface area contributed by atoms with Gasteiger partial charge in [0.1, 0.15) is 17.5 Å². The summed E-state index contributed by atoms with van der Waals surface area (Å²) in [6.45, 7) is 8.64. The zero-order valence-electron chi connectivity index (χ0n) is 14.2. The van der Waals surface area contributed by atoms with Crippen LogP contribution in [0.5, 0.6) is 0 Å². The van der Waals surface area contributed by atoms with Crippen LogP contribution in [0.25, 0.3) is 0 Å². The molecule has 0 aliphatic carbocycles. The quantitative estimate of drug-likeness (QED) is 0.844. The molecule has 0 radical (unpaired) electrons. The number of carbonyl (C=O) groups is 2. The number of ether oxygens (including phenoxy) is 2. The van der Waals surface area contributed by atoms with Gasteiger partial charge in [-0.1, -0.05) is 12.1 Å². The van der Waals surface area contributed by atoms with Gasteiger partial charge in [-0.05, 0) is 52.3 Å². The summed E-state index contributed by atoms with van der Waals surface area (Å²) in [4.78, 5) is 24.1. The smallest absolute Gasteiger partial charge is 0.408 e. The Morgan fingerprint density at radius 3 is 2.22 bits per heavy atom. The first kappa shape index (κ1) is 18.9. The summed E-state index contributed by atoms with van der Waals surface area (Å²) in [5.41, 5.74) is 0.0279. The molecule has 1 amide bonds. The Morgan fingerprint density at radius 1 is 1.17 bits per heavy atom. The molecule has 0 heterocycles. The first-order chi connectivity index (χ1) is 10.6. The minimum Gasteiger partial charge on any atom is -0.461 e. The van der Waals surface area contributed by atoms with Crippen molar-refractivity contribution >= 4 is 12.1 Å². The molecule has 6 heteroatoms. The predicted octanol–water partition coefficient (Wildman–Crippen LogP) is 3.21. The molecule has 0 aliphatic rings. The number of hydrogen-bond acceptors (Lipinski definition) is 4. The van der Waals surface area contributed by atoms with E-state index in [1.165, 1.54) is 12.1 Å². The minimum atomic E-state index is -0.905. The zero-order chi connectivity index (χ0) is 17.6. The second-order valence-electron chi connectivity index (χ2n) is 6.52. The zero-order valence-corrected chi connectivity index (χ0v) is 14.2. The van der Waals surface area contributed by atoms with Crippen molar-refractivity contribution in [1.82, 2.24) is 5.32 Å². The molecule has 1 aromatic rings. The van der Waals surface area contributed by atoms with Crippen LogP contribution in [-0.2, 0) is 20.7 Å². The Kier molecular flexibility index (Phi) is 6.54. The van der Waals surface area contributed by atoms with E-state index >= 15 is 0 Å². The summed E-state index contributed by atoms with van der Waals surface area (Å²) in [5.74, 6) is -0.926. The molecule has 0 bridgehead atoms. The van der Waals surface area contributed by atoms with Gasteiger partial charge in [-0.15, -0.1) is 0 Å². The Morgan fingerprint density at radius 2 is 1.74 bits per heavy atom. The lowest BCUT2D eigenvalue weighted by atomic mass is 10.1. The summed E-state index contributed by atoms with van der Waals surface area (Å²) in [6, 6.07) is 4.81. The second-order valence-corrected chi connectivity index (χ2v) is 6.52. The molecule has 1 atom stereocenters. The Labute approximate surface area is 136 Å². The summed E-state index contributed by atoms with van der Waals surface area (Å²) >= 11 is 0. The Balaban J connectivity index is 2.82. The van der Waals surface area contributed by atoms with E-state index < -0.39 is 23.7 Å². The topological polar surface area (TPSA) is 64.6 Å². The van der Waals surface area contributed by atoms with Gasteiger partial charge in [0.2, 0.25) is 0 Å². The molecule has 0 aromatic heterocycles. The number of carbonyl (C=O) groups excluding carboxylic acids is 2. The lowest BCUT2D eigenvalue weighted by molar-refractivity contribution is -0.149. The Bertz CT molecular complexity index is 535. The number of benzene rings is 1. The molecule has 0 saturated carbocycles. The molecule has 0 aliphatic heterocycles. The van der Waals surface area contributed by atoms with Crippen LogP contribution in [0.3, 0.4) is 0 Å². The third-order valence-electron chi connectivity index (χ3n) is 2.68. The number of hydrogen-bond donors (Lipinski definition) is 1. The molecule has 0 unspecified atom stereocenters. The average molecular weight is 325 g/mol. The number of esters is 1. The number of nitrogens with one attached hydrogen (secondary N) is 1. The molecular formula is C17H24FNO4. The van der Waals surface area contributed by atoms with Gasteiger partial charge in [0, 0.05) is 6.42 Å². The van der Waals surface area contributed by atoms with Gasteiger partial charge < -0.3 is 14.8 Å². The third-order valence-corrected chi connectivity index (χ3v) is 2.68. The second kappa shape index (κ2) is 7.94. The third kappa shape index (κ3) is 7.63. The van der Waals surface area contributed by atoms with Crippen LogP contribution in [0.15, 0.2) is 24.3 Å². The monoisotopic (exact) mass is 325 g/mol. The number of rotatable bonds is 5. The van der Waals surface area contributed by atoms with Crippen LogP contribution >= 0.6 is 0 Å². The van der Waals surface area contributed by atoms with Crippen LogP contribution < -0.4 is 5.32 Å². The SMILES string of the molecule is CC(C)OC(=O)[C@@H](Cc1ccc(F)cc1)NC(=O)OC(C)(C)C. The van der Waals surface area contributed by atoms with E-state index in [9.17, 15) is 14.0 Å². The highest BCUT2D eigenvalue weighted by atomic mass is 19.1. The molecule has 1 aromatic carbocycles. The average Bonchev–Trinajstić information content (AvgIpc) is 2.37. The minimum absolute atomic E-state index is 0.186. The summed E-state index contributed by atoms with van der Waals surface area (Å²) in [7, 11) is 0. The molecule has 0 spiro atoms. The molecular weight excluding hydrogens is 301 g/mol. The van der Waals surface area contributed by atoms with Crippen molar-refractivity contribution in [2.24, 2.45) is 0 Å². The molecule has 1 rings (SSSR count). The normalized spacial score (nSPS) is 12.7. The van der Waals surface area contributed by atoms with Crippen LogP contribution in [0.1, 0.15) is 40.2 Å². The van der Waals surface area contributed by atoms with Crippen molar-refractivity contribution in [3.8, 4) is 0 Å². The van der Waals surface area contributed by atoms with Crippen LogP contribution in [0, 0.1) is 5.82 Å². The van der Waals surface area contributed by atoms with E-state index in [0.29, 0.717) is 5.56 Å². The van der Waals surface area contributed by atoms with Gasteiger partial charge in [0.25, 0.3) is 0 Å². The fraction of sp³-hybridized carbons (Fsp3) is 0.529. The largest absolute Gasteiger partial charge is 0.461 e. The highest BCUT2D eigenvalue weighted by molar-refractivity contribution is 5.81. The van der Waals surface area contributed by atoms with Gasteiger partial charge in [0.15, 0.2) is 0 Å². The van der Waals surface area contributed by atoms with Crippen LogP contribution in [-0.4, -0.2) is 29.8 Å². The van der Waals surface area contributed by atoms with Crippen molar-refractivity contribution in [1.29, 1.82) is 0 Å². The van der Waals surface area contributed by atoms with Crippen molar-refractivity contribution < 1.29 is 23.5 Å². The lowest BCUT2D eigenvalue weighted by Gasteiger charge is -2.23. The van der Waals surface area contributed by atoms with Gasteiger partial charge in [-0.2, -0.15) is 0 Å². The van der Waals surface area contributed by atoms with Gasteiger partial charge in [-0.3, -0.25) is 0 Å². The predicted molar refractivity (Wildman–Crippen MR) is 84.5 cm³/mol. The van der Waals surface area contributed by atoms with Crippen molar-refractivity contribution in [2.45, 2.75) is 58.8 Å². The molecule has 23 heavy (non-hydrogen) atoms. The maximum absolute atomic E-state index is 13.0. The van der Waals surface area contributed by atoms with E-state index in [1.807, 2.05) is 0 Å². The van der Waals surface area contributed by atoms with Crippen molar-refractivity contribution in [3.63, 3.8) is 0 Å². The van der Waals surface area contributed by atoms with Gasteiger partial charge in [-0.25, -0.2) is 14.0 Å². The molecule has 0 fully saturated rings. The van der Waals surface area contributed by atoms with Crippen molar-refractivity contribution in [2.75, 3.05) is 0 Å². The first-order valence-corrected chi connectivity index (χ1v) is 7.51. The first-order valence-electron chi connectivity index (χ1n) is 7.51. The summed E-state index contributed by atoms with van der Waals surface area (Å²) < 4.78 is 23.3. The molecule has 0 saturated heterocycles. The fourth-order valence-corrected chi connectivity index (χ4v) is 1.81. The maximum Gasteiger partial charge on any atom is 0.408 e. The van der Waals surface area contributed by atoms with E-state index in [2.05, 4.69) is 5.32 Å². The van der Waals surface area contributed by atoms with E-state index in [4.69, 9.17) is 9.47 Å². The lowest BCUT2D eigenvalue weighted by Crippen LogP contribution is -2.46. The summed E-state index contributed by atoms with van der Waals surface area (Å²) in [6.07, 6.45) is -0.825. The number of alkyl carbamates (subject to hydrolysis) is 1. The van der Waals surface area contributed by atoms with E-state index in [0.717, 1.165) is 0 Å². The molecule has 5 nitrogen and oxygen atoms in total. The maximum atomic E-state index is 13.0. The van der Waals surface area contributed by atoms with Gasteiger partial charge in [0.05, 0.1) is 6.10 Å². The highest BCUT2D eigenvalue weighted by Gasteiger charge is 2.26. The molecule has 1 N–H and O–H groups in total. The van der Waals surface area contributed by atoms with Gasteiger partial charge >= 0.3 is 12.1 Å². The van der Waals surface area contributed by atoms with E-state index in [-0.39, 0.29) is 18.3 Å². The highest BCUT2D eigenvalue weighted by Crippen LogP contribution is 2.10. The molecule has 128 valence electrons. The standard InChI is InChI=1S/C17H24FNO4/c1-11(2)22-15(20)14(19-16(21)23-17(3,4)5)10-12-6-8-13(18)9-7-12/h6-9,11,14H,10H2,1-5H3,(H,19,21)/t14-/m1/s1. The van der Waals surface area contributed by atoms with Crippen LogP contribution in [0.2, 0.25) is 0 Å². The van der Waals surface area contributed by atoms with E-state index in [1.54, 1.807) is 46.8 Å². The fourth-order valence-electron chi connectivity index (χ4n) is 1.81.